The molecule has 0 aliphatic heterocycles. The highest BCUT2D eigenvalue weighted by Crippen LogP contribution is 2.34. The summed E-state index contributed by atoms with van der Waals surface area (Å²) in [5, 5.41) is 9.62. The maximum Gasteiger partial charge on any atom is 0.461 e. The molecule has 40 heavy (non-hydrogen) atoms. The summed E-state index contributed by atoms with van der Waals surface area (Å²) in [7, 11) is 0. The molecule has 0 fully saturated rings. The molecule has 1 atom stereocenters. The number of rotatable bonds is 10. The van der Waals surface area contributed by atoms with Crippen LogP contribution in [0.1, 0.15) is 11.1 Å². The fourth-order valence-electron chi connectivity index (χ4n) is 3.33. The molecule has 0 saturated heterocycles. The lowest BCUT2D eigenvalue weighted by Crippen LogP contribution is -2.41. The molecule has 218 valence electrons. The second-order valence-electron chi connectivity index (χ2n) is 8.28. The molecule has 0 aliphatic rings. The highest BCUT2D eigenvalue weighted by molar-refractivity contribution is 5.52. The summed E-state index contributed by atoms with van der Waals surface area (Å²) in [6, 6.07) is 10.3. The first-order valence-electron chi connectivity index (χ1n) is 11.0. The van der Waals surface area contributed by atoms with Gasteiger partial charge < -0.3 is 19.5 Å². The Morgan fingerprint density at radius 1 is 0.775 bits per heavy atom. The molecule has 3 aromatic carbocycles. The number of ether oxygens (including phenoxy) is 2. The normalized spacial score (nSPS) is 13.3. The van der Waals surface area contributed by atoms with Gasteiger partial charge in [0, 0.05) is 29.9 Å². The van der Waals surface area contributed by atoms with Crippen LogP contribution in [0.25, 0.3) is 0 Å². The number of aliphatic hydroxyl groups excluding tert-OH is 1. The molecule has 0 radical (unpaired) electrons. The Balaban J connectivity index is 1.92. The molecule has 0 spiro atoms. The van der Waals surface area contributed by atoms with E-state index in [-0.39, 0.29) is 17.2 Å². The minimum absolute atomic E-state index is 0.147. The zero-order chi connectivity index (χ0) is 29.9. The Labute approximate surface area is 219 Å². The van der Waals surface area contributed by atoms with Gasteiger partial charge in [-0.1, -0.05) is 12.1 Å². The largest absolute Gasteiger partial charge is 0.461 e. The summed E-state index contributed by atoms with van der Waals surface area (Å²) < 4.78 is 154. The van der Waals surface area contributed by atoms with Gasteiger partial charge in [-0.3, -0.25) is 0 Å². The van der Waals surface area contributed by atoms with E-state index in [0.29, 0.717) is 18.2 Å². The summed E-state index contributed by atoms with van der Waals surface area (Å²) in [4.78, 5) is 0.756. The van der Waals surface area contributed by atoms with Crippen LogP contribution in [0.4, 0.5) is 54.0 Å². The number of anilines is 1. The van der Waals surface area contributed by atoms with Crippen LogP contribution in [0.15, 0.2) is 66.7 Å². The van der Waals surface area contributed by atoms with Gasteiger partial charge >= 0.3 is 24.9 Å². The van der Waals surface area contributed by atoms with E-state index in [0.717, 1.165) is 29.2 Å². The zero-order valence-corrected chi connectivity index (χ0v) is 19.8. The van der Waals surface area contributed by atoms with Gasteiger partial charge in [-0.2, -0.15) is 43.9 Å². The molecule has 3 rings (SSSR count). The van der Waals surface area contributed by atoms with Crippen molar-refractivity contribution in [3.63, 3.8) is 0 Å². The quantitative estimate of drug-likeness (QED) is 0.245. The molecule has 15 heteroatoms. The predicted molar refractivity (Wildman–Crippen MR) is 119 cm³/mol. The van der Waals surface area contributed by atoms with Crippen LogP contribution in [-0.4, -0.2) is 36.5 Å². The zero-order valence-electron chi connectivity index (χ0n) is 19.8. The third kappa shape index (κ3) is 8.13. The van der Waals surface area contributed by atoms with E-state index in [4.69, 9.17) is 4.74 Å². The van der Waals surface area contributed by atoms with Crippen LogP contribution in [0.2, 0.25) is 0 Å². The Morgan fingerprint density at radius 3 is 1.98 bits per heavy atom. The van der Waals surface area contributed by atoms with Gasteiger partial charge in [0.15, 0.2) is 6.10 Å². The van der Waals surface area contributed by atoms with Crippen molar-refractivity contribution < 1.29 is 62.9 Å². The molecule has 0 bridgehead atoms. The van der Waals surface area contributed by atoms with Crippen LogP contribution in [0.5, 0.6) is 17.2 Å². The van der Waals surface area contributed by atoms with Gasteiger partial charge in [0.05, 0.1) is 12.1 Å². The van der Waals surface area contributed by atoms with Crippen molar-refractivity contribution in [2.45, 2.75) is 37.5 Å². The molecule has 0 aliphatic carbocycles. The fourth-order valence-corrected chi connectivity index (χ4v) is 3.33. The number of aliphatic hydroxyl groups is 1. The Kier molecular flexibility index (Phi) is 9.07. The van der Waals surface area contributed by atoms with Crippen LogP contribution in [0, 0.1) is 5.82 Å². The monoisotopic (exact) mass is 589 g/mol. The van der Waals surface area contributed by atoms with Crippen LogP contribution >= 0.6 is 0 Å². The lowest BCUT2D eigenvalue weighted by atomic mass is 10.1. The average molecular weight is 589 g/mol. The molecular formula is C25H18F11NO3. The number of benzene rings is 3. The Bertz CT molecular complexity index is 1300. The summed E-state index contributed by atoms with van der Waals surface area (Å²) >= 11 is 0. The van der Waals surface area contributed by atoms with Crippen molar-refractivity contribution in [3.05, 3.63) is 83.7 Å². The maximum absolute atomic E-state index is 14.4. The molecule has 0 saturated carbocycles. The van der Waals surface area contributed by atoms with Crippen molar-refractivity contribution in [3.8, 4) is 17.2 Å². The van der Waals surface area contributed by atoms with E-state index >= 15 is 0 Å². The van der Waals surface area contributed by atoms with Gasteiger partial charge in [0.1, 0.15) is 23.1 Å². The first kappa shape index (κ1) is 30.8. The summed E-state index contributed by atoms with van der Waals surface area (Å²) in [6.07, 6.45) is -21.9. The predicted octanol–water partition coefficient (Wildman–Crippen LogP) is 7.80. The minimum Gasteiger partial charge on any atom is -0.457 e. The van der Waals surface area contributed by atoms with E-state index in [1.807, 2.05) is 0 Å². The Morgan fingerprint density at radius 2 is 1.38 bits per heavy atom. The average Bonchev–Trinajstić information content (AvgIpc) is 2.83. The lowest BCUT2D eigenvalue weighted by molar-refractivity contribution is -0.253. The van der Waals surface area contributed by atoms with Gasteiger partial charge in [-0.15, -0.1) is 0 Å². The molecule has 0 unspecified atom stereocenters. The van der Waals surface area contributed by atoms with Crippen molar-refractivity contribution in [2.75, 3.05) is 11.4 Å². The van der Waals surface area contributed by atoms with E-state index in [9.17, 15) is 53.4 Å². The first-order chi connectivity index (χ1) is 18.5. The Hall–Kier alpha value is -3.75. The molecule has 3 aromatic rings. The van der Waals surface area contributed by atoms with Crippen molar-refractivity contribution in [2.24, 2.45) is 0 Å². The van der Waals surface area contributed by atoms with Crippen molar-refractivity contribution in [1.82, 2.24) is 0 Å². The summed E-state index contributed by atoms with van der Waals surface area (Å²) in [5.74, 6) is -2.21. The van der Waals surface area contributed by atoms with Gasteiger partial charge in [-0.25, -0.2) is 4.39 Å². The second kappa shape index (κ2) is 11.8. The first-order valence-corrected chi connectivity index (χ1v) is 11.0. The van der Waals surface area contributed by atoms with E-state index in [1.54, 1.807) is 0 Å². The molecule has 0 amide bonds. The van der Waals surface area contributed by atoms with Gasteiger partial charge in [0.25, 0.3) is 0 Å². The third-order valence-electron chi connectivity index (χ3n) is 5.24. The van der Waals surface area contributed by atoms with E-state index < -0.39 is 66.8 Å². The highest BCUT2D eigenvalue weighted by atomic mass is 19.4. The van der Waals surface area contributed by atoms with E-state index in [1.165, 1.54) is 24.3 Å². The van der Waals surface area contributed by atoms with E-state index in [2.05, 4.69) is 4.74 Å². The molecule has 0 aromatic heterocycles. The standard InChI is InChI=1S/C25H18F11NO3/c26-20-8-7-15(23(29,30)31)9-14(20)12-37(13-21(38)24(32,33)34)16-3-1-4-17(10-16)39-18-5-2-6-19(11-18)40-25(35,36)22(27)28/h1-11,21-22,38H,12-13H2/t21-/m1/s1. The number of hydrogen-bond donors (Lipinski definition) is 1. The summed E-state index contributed by atoms with van der Waals surface area (Å²) in [5.41, 5.74) is -2.04. The second-order valence-corrected chi connectivity index (χ2v) is 8.28. The number of nitrogens with zero attached hydrogens (tertiary/aromatic N) is 1. The smallest absolute Gasteiger partial charge is 0.457 e. The molecule has 4 nitrogen and oxygen atoms in total. The molecular weight excluding hydrogens is 571 g/mol. The highest BCUT2D eigenvalue weighted by Gasteiger charge is 2.44. The maximum atomic E-state index is 14.4. The number of alkyl halides is 10. The van der Waals surface area contributed by atoms with Crippen LogP contribution < -0.4 is 14.4 Å². The SMILES string of the molecule is O[C@H](CN(Cc1cc(C(F)(F)F)ccc1F)c1cccc(Oc2cccc(OC(F)(F)C(F)F)c2)c1)C(F)(F)F. The van der Waals surface area contributed by atoms with Gasteiger partial charge in [0.2, 0.25) is 0 Å². The topological polar surface area (TPSA) is 41.9 Å². The van der Waals surface area contributed by atoms with Gasteiger partial charge in [-0.05, 0) is 42.5 Å². The molecule has 0 heterocycles. The lowest BCUT2D eigenvalue weighted by Gasteiger charge is -2.29. The number of hydrogen-bond acceptors (Lipinski definition) is 4. The minimum atomic E-state index is -5.13. The molecule has 1 N–H and O–H groups in total. The van der Waals surface area contributed by atoms with Crippen LogP contribution in [-0.2, 0) is 12.7 Å². The van der Waals surface area contributed by atoms with Crippen LogP contribution in [0.3, 0.4) is 0 Å². The fraction of sp³-hybridized carbons (Fsp3) is 0.280. The van der Waals surface area contributed by atoms with Crippen molar-refractivity contribution in [1.29, 1.82) is 0 Å². The summed E-state index contributed by atoms with van der Waals surface area (Å²) in [6.45, 7) is -2.05. The third-order valence-corrected chi connectivity index (χ3v) is 5.24. The van der Waals surface area contributed by atoms with Crippen molar-refractivity contribution >= 4 is 5.69 Å². The number of halogens is 11.